The number of aldehydes is 1. The number of pyridine rings is 1. The monoisotopic (exact) mass is 437 g/mol. The standard InChI is InChI=1S/C21H31N3O5S/c25-12-13-28-21-18(2-1-10-23-21)15-3-5-16(6-4-15)29-14-20-19(9-11-22-20)24-30(26,27)17-7-8-17/h1-2,10,12,15-17,19-20,22,24H,3-9,11,13-14H2/t15-,16+,19-,20-/m0/s1. The van der Waals surface area contributed by atoms with Crippen LogP contribution in [-0.2, 0) is 19.6 Å². The van der Waals surface area contributed by atoms with Crippen molar-refractivity contribution < 1.29 is 22.7 Å². The highest BCUT2D eigenvalue weighted by Crippen LogP contribution is 2.37. The molecule has 0 amide bonds. The van der Waals surface area contributed by atoms with Crippen molar-refractivity contribution in [3.63, 3.8) is 0 Å². The van der Waals surface area contributed by atoms with E-state index in [0.717, 1.165) is 63.3 Å². The molecule has 166 valence electrons. The summed E-state index contributed by atoms with van der Waals surface area (Å²) in [6.07, 6.45) is 8.79. The van der Waals surface area contributed by atoms with Crippen molar-refractivity contribution in [3.05, 3.63) is 23.9 Å². The van der Waals surface area contributed by atoms with E-state index in [0.29, 0.717) is 18.4 Å². The molecule has 1 aromatic rings. The normalized spacial score (nSPS) is 29.6. The van der Waals surface area contributed by atoms with Gasteiger partial charge in [-0.1, -0.05) is 6.07 Å². The number of hydrogen-bond acceptors (Lipinski definition) is 7. The maximum absolute atomic E-state index is 12.3. The minimum Gasteiger partial charge on any atom is -0.470 e. The van der Waals surface area contributed by atoms with Crippen molar-refractivity contribution in [2.24, 2.45) is 0 Å². The molecule has 0 aromatic carbocycles. The smallest absolute Gasteiger partial charge is 0.217 e. The van der Waals surface area contributed by atoms with Crippen LogP contribution in [-0.4, -0.2) is 62.9 Å². The predicted molar refractivity (Wildman–Crippen MR) is 112 cm³/mol. The van der Waals surface area contributed by atoms with Gasteiger partial charge in [0, 0.05) is 23.8 Å². The highest BCUT2D eigenvalue weighted by Gasteiger charge is 2.39. The summed E-state index contributed by atoms with van der Waals surface area (Å²) in [6.45, 7) is 1.35. The fraction of sp³-hybridized carbons (Fsp3) is 0.714. The van der Waals surface area contributed by atoms with Gasteiger partial charge in [-0.05, 0) is 63.5 Å². The average molecular weight is 438 g/mol. The highest BCUT2D eigenvalue weighted by molar-refractivity contribution is 7.90. The molecule has 0 spiro atoms. The number of carbonyl (C=O) groups excluding carboxylic acids is 1. The zero-order chi connectivity index (χ0) is 21.0. The van der Waals surface area contributed by atoms with Crippen LogP contribution in [0.15, 0.2) is 18.3 Å². The molecular weight excluding hydrogens is 406 g/mol. The molecule has 2 N–H and O–H groups in total. The highest BCUT2D eigenvalue weighted by atomic mass is 32.2. The van der Waals surface area contributed by atoms with Gasteiger partial charge in [-0.25, -0.2) is 18.1 Å². The third-order valence-electron chi connectivity index (χ3n) is 6.34. The second-order valence-electron chi connectivity index (χ2n) is 8.50. The number of rotatable bonds is 10. The van der Waals surface area contributed by atoms with E-state index in [1.165, 1.54) is 0 Å². The Labute approximate surface area is 178 Å². The van der Waals surface area contributed by atoms with Crippen molar-refractivity contribution in [2.45, 2.75) is 74.3 Å². The van der Waals surface area contributed by atoms with E-state index in [1.807, 2.05) is 12.1 Å². The summed E-state index contributed by atoms with van der Waals surface area (Å²) in [6, 6.07) is 3.87. The van der Waals surface area contributed by atoms with Crippen LogP contribution in [0.25, 0.3) is 0 Å². The Hall–Kier alpha value is -1.55. The largest absolute Gasteiger partial charge is 0.470 e. The van der Waals surface area contributed by atoms with Crippen molar-refractivity contribution in [1.82, 2.24) is 15.0 Å². The van der Waals surface area contributed by atoms with Crippen LogP contribution < -0.4 is 14.8 Å². The van der Waals surface area contributed by atoms with Crippen molar-refractivity contribution >= 4 is 16.3 Å². The zero-order valence-electron chi connectivity index (χ0n) is 17.2. The van der Waals surface area contributed by atoms with Crippen LogP contribution in [0.4, 0.5) is 0 Å². The van der Waals surface area contributed by atoms with Gasteiger partial charge in [-0.2, -0.15) is 0 Å². The number of nitrogens with zero attached hydrogens (tertiary/aromatic N) is 1. The lowest BCUT2D eigenvalue weighted by Crippen LogP contribution is -2.47. The van der Waals surface area contributed by atoms with E-state index in [1.54, 1.807) is 6.20 Å². The van der Waals surface area contributed by atoms with Crippen molar-refractivity contribution in [2.75, 3.05) is 19.8 Å². The van der Waals surface area contributed by atoms with Gasteiger partial charge in [0.1, 0.15) is 6.61 Å². The van der Waals surface area contributed by atoms with Gasteiger partial charge in [0.15, 0.2) is 6.29 Å². The van der Waals surface area contributed by atoms with E-state index in [4.69, 9.17) is 9.47 Å². The van der Waals surface area contributed by atoms with E-state index in [-0.39, 0.29) is 30.0 Å². The fourth-order valence-electron chi connectivity index (χ4n) is 4.50. The van der Waals surface area contributed by atoms with E-state index in [2.05, 4.69) is 15.0 Å². The molecule has 0 bridgehead atoms. The predicted octanol–water partition coefficient (Wildman–Crippen LogP) is 1.51. The summed E-state index contributed by atoms with van der Waals surface area (Å²) in [7, 11) is -3.18. The maximum atomic E-state index is 12.3. The third-order valence-corrected chi connectivity index (χ3v) is 8.32. The maximum Gasteiger partial charge on any atom is 0.217 e. The molecule has 3 aliphatic rings. The molecule has 2 heterocycles. The molecule has 4 rings (SSSR count). The first-order chi connectivity index (χ1) is 14.6. The van der Waals surface area contributed by atoms with Crippen LogP contribution in [0, 0.1) is 0 Å². The summed E-state index contributed by atoms with van der Waals surface area (Å²) in [5.74, 6) is 0.901. The van der Waals surface area contributed by atoms with Gasteiger partial charge in [0.2, 0.25) is 15.9 Å². The molecule has 0 radical (unpaired) electrons. The van der Waals surface area contributed by atoms with Crippen molar-refractivity contribution in [3.8, 4) is 5.88 Å². The summed E-state index contributed by atoms with van der Waals surface area (Å²) in [5, 5.41) is 3.19. The SMILES string of the molecule is O=CCOc1ncccc1[C@H]1CC[C@@H](OC[C@@H]2NCC[C@@H]2NS(=O)(=O)C2CC2)CC1. The van der Waals surface area contributed by atoms with Crippen LogP contribution in [0.3, 0.4) is 0 Å². The van der Waals surface area contributed by atoms with Gasteiger partial charge in [0.25, 0.3) is 0 Å². The zero-order valence-corrected chi connectivity index (χ0v) is 18.0. The lowest BCUT2D eigenvalue weighted by molar-refractivity contribution is -0.109. The number of carbonyl (C=O) groups is 1. The number of aromatic nitrogens is 1. The molecule has 3 fully saturated rings. The molecule has 30 heavy (non-hydrogen) atoms. The average Bonchev–Trinajstić information content (AvgIpc) is 3.54. The first kappa shape index (κ1) is 21.7. The third kappa shape index (κ3) is 5.38. The Balaban J connectivity index is 1.25. The molecule has 8 nitrogen and oxygen atoms in total. The molecule has 9 heteroatoms. The van der Waals surface area contributed by atoms with Crippen LogP contribution in [0.5, 0.6) is 5.88 Å². The summed E-state index contributed by atoms with van der Waals surface area (Å²) < 4.78 is 39.0. The first-order valence-corrected chi connectivity index (χ1v) is 12.5. The van der Waals surface area contributed by atoms with Gasteiger partial charge >= 0.3 is 0 Å². The molecular formula is C21H31N3O5S. The molecule has 2 aliphatic carbocycles. The molecule has 0 unspecified atom stereocenters. The topological polar surface area (TPSA) is 107 Å². The van der Waals surface area contributed by atoms with E-state index >= 15 is 0 Å². The lowest BCUT2D eigenvalue weighted by Gasteiger charge is -2.31. The van der Waals surface area contributed by atoms with Crippen LogP contribution in [0.1, 0.15) is 56.4 Å². The molecule has 2 atom stereocenters. The summed E-state index contributed by atoms with van der Waals surface area (Å²) >= 11 is 0. The van der Waals surface area contributed by atoms with E-state index in [9.17, 15) is 13.2 Å². The number of nitrogens with one attached hydrogen (secondary N) is 2. The molecule has 1 aliphatic heterocycles. The second-order valence-corrected chi connectivity index (χ2v) is 10.5. The van der Waals surface area contributed by atoms with E-state index < -0.39 is 10.0 Å². The number of ether oxygens (including phenoxy) is 2. The van der Waals surface area contributed by atoms with Gasteiger partial charge < -0.3 is 14.8 Å². The fourth-order valence-corrected chi connectivity index (χ4v) is 6.15. The molecule has 1 saturated heterocycles. The Morgan fingerprint density at radius 2 is 1.97 bits per heavy atom. The summed E-state index contributed by atoms with van der Waals surface area (Å²) in [4.78, 5) is 14.9. The van der Waals surface area contributed by atoms with Gasteiger partial charge in [-0.15, -0.1) is 0 Å². The Kier molecular flexibility index (Phi) is 7.02. The Morgan fingerprint density at radius 3 is 2.70 bits per heavy atom. The molecule has 1 aromatic heterocycles. The minimum absolute atomic E-state index is 0.0164. The summed E-state index contributed by atoms with van der Waals surface area (Å²) in [5.41, 5.74) is 1.06. The number of sulfonamides is 1. The number of hydrogen-bond donors (Lipinski definition) is 2. The van der Waals surface area contributed by atoms with Gasteiger partial charge in [-0.3, -0.25) is 4.79 Å². The minimum atomic E-state index is -3.18. The quantitative estimate of drug-likeness (QED) is 0.535. The lowest BCUT2D eigenvalue weighted by atomic mass is 9.83. The first-order valence-electron chi connectivity index (χ1n) is 10.9. The molecule has 2 saturated carbocycles. The van der Waals surface area contributed by atoms with Gasteiger partial charge in [0.05, 0.1) is 18.0 Å². The second kappa shape index (κ2) is 9.72. The van der Waals surface area contributed by atoms with Crippen LogP contribution >= 0.6 is 0 Å². The van der Waals surface area contributed by atoms with Crippen molar-refractivity contribution in [1.29, 1.82) is 0 Å². The van der Waals surface area contributed by atoms with Crippen LogP contribution in [0.2, 0.25) is 0 Å². The Morgan fingerprint density at radius 1 is 1.17 bits per heavy atom. The Bertz CT molecular complexity index is 822.